The number of carbonyl (C=O) groups excluding carboxylic acids is 1. The van der Waals surface area contributed by atoms with Crippen LogP contribution in [0.15, 0.2) is 16.8 Å². The molecular weight excluding hydrogens is 140 g/mol. The average molecular weight is 148 g/mol. The maximum Gasteiger partial charge on any atom is 0.184 e. The van der Waals surface area contributed by atoms with Crippen LogP contribution in [0.25, 0.3) is 0 Å². The molecule has 0 aliphatic carbocycles. The molecule has 1 aliphatic rings. The maximum absolute atomic E-state index is 11.2. The molecule has 56 valence electrons. The van der Waals surface area contributed by atoms with Gasteiger partial charge in [-0.25, -0.2) is 0 Å². The quantitative estimate of drug-likeness (QED) is 0.516. The van der Waals surface area contributed by atoms with Crippen molar-refractivity contribution in [2.75, 3.05) is 0 Å². The lowest BCUT2D eigenvalue weighted by atomic mass is 9.94. The molecule has 0 saturated heterocycles. The third kappa shape index (κ3) is 1.20. The summed E-state index contributed by atoms with van der Waals surface area (Å²) in [4.78, 5) is 15.0. The minimum Gasteiger partial charge on any atom is -0.292 e. The third-order valence-corrected chi connectivity index (χ3v) is 1.74. The number of rotatable bonds is 0. The van der Waals surface area contributed by atoms with Gasteiger partial charge in [0.2, 0.25) is 0 Å². The van der Waals surface area contributed by atoms with Crippen LogP contribution in [0.5, 0.6) is 0 Å². The summed E-state index contributed by atoms with van der Waals surface area (Å²) >= 11 is 0. The summed E-state index contributed by atoms with van der Waals surface area (Å²) in [6.07, 6.45) is 1.46. The molecule has 1 rings (SSSR count). The fraction of sp³-hybridized carbons (Fsp3) is 0.375. The number of carbonyl (C=O) groups is 1. The predicted octanol–water partition coefficient (Wildman–Crippen LogP) is 1.07. The first-order chi connectivity index (χ1) is 5.16. The van der Waals surface area contributed by atoms with E-state index in [1.54, 1.807) is 13.8 Å². The van der Waals surface area contributed by atoms with Crippen molar-refractivity contribution in [1.82, 2.24) is 0 Å². The Kier molecular flexibility index (Phi) is 1.86. The van der Waals surface area contributed by atoms with E-state index < -0.39 is 0 Å². The van der Waals surface area contributed by atoms with Crippen molar-refractivity contribution < 1.29 is 4.79 Å². The van der Waals surface area contributed by atoms with Crippen LogP contribution in [0.3, 0.4) is 0 Å². The number of aliphatic imine (C=N–C) groups is 1. The summed E-state index contributed by atoms with van der Waals surface area (Å²) in [7, 11) is 0. The van der Waals surface area contributed by atoms with Gasteiger partial charge >= 0.3 is 0 Å². The zero-order valence-electron chi connectivity index (χ0n) is 6.46. The van der Waals surface area contributed by atoms with Crippen LogP contribution in [-0.2, 0) is 4.79 Å². The number of hydrogen-bond donors (Lipinski definition) is 0. The molecule has 0 spiro atoms. The van der Waals surface area contributed by atoms with Gasteiger partial charge in [0.1, 0.15) is 0 Å². The van der Waals surface area contributed by atoms with E-state index in [4.69, 9.17) is 5.26 Å². The first-order valence-corrected chi connectivity index (χ1v) is 3.35. The normalized spacial score (nSPS) is 23.7. The van der Waals surface area contributed by atoms with Gasteiger partial charge in [-0.3, -0.25) is 9.79 Å². The van der Waals surface area contributed by atoms with Crippen LogP contribution in [-0.4, -0.2) is 11.5 Å². The van der Waals surface area contributed by atoms with Gasteiger partial charge in [0.25, 0.3) is 0 Å². The van der Waals surface area contributed by atoms with Crippen molar-refractivity contribution >= 4 is 11.5 Å². The Balaban J connectivity index is 3.05. The Bertz CT molecular complexity index is 294. The van der Waals surface area contributed by atoms with Gasteiger partial charge in [0, 0.05) is 6.20 Å². The van der Waals surface area contributed by atoms with Gasteiger partial charge in [-0.2, -0.15) is 5.26 Å². The number of nitriles is 1. The first-order valence-electron chi connectivity index (χ1n) is 3.35. The summed E-state index contributed by atoms with van der Waals surface area (Å²) in [5.41, 5.74) is 0.928. The topological polar surface area (TPSA) is 53.2 Å². The van der Waals surface area contributed by atoms with E-state index in [0.717, 1.165) is 0 Å². The van der Waals surface area contributed by atoms with Gasteiger partial charge < -0.3 is 0 Å². The van der Waals surface area contributed by atoms with E-state index in [9.17, 15) is 4.79 Å². The first kappa shape index (κ1) is 7.67. The zero-order chi connectivity index (χ0) is 8.43. The van der Waals surface area contributed by atoms with E-state index in [0.29, 0.717) is 11.3 Å². The molecule has 0 fully saturated rings. The zero-order valence-corrected chi connectivity index (χ0v) is 6.46. The lowest BCUT2D eigenvalue weighted by Crippen LogP contribution is -2.23. The molecule has 0 aromatic rings. The highest BCUT2D eigenvalue weighted by Gasteiger charge is 2.22. The summed E-state index contributed by atoms with van der Waals surface area (Å²) in [5.74, 6) is -0.360. The predicted molar refractivity (Wildman–Crippen MR) is 41.0 cm³/mol. The number of allylic oxidation sites excluding steroid dienone is 1. The second-order valence-corrected chi connectivity index (χ2v) is 2.50. The molecule has 1 aliphatic heterocycles. The minimum absolute atomic E-state index is 0.0518. The second kappa shape index (κ2) is 2.67. The van der Waals surface area contributed by atoms with Crippen molar-refractivity contribution in [3.8, 4) is 6.07 Å². The summed E-state index contributed by atoms with van der Waals surface area (Å²) in [6.45, 7) is 3.37. The van der Waals surface area contributed by atoms with Gasteiger partial charge in [-0.15, -0.1) is 0 Å². The standard InChI is InChI=1S/C8H8N2O/c1-5-7(3-9)4-10-6(2)8(5)11/h4-5H,1-2H3. The molecule has 0 amide bonds. The van der Waals surface area contributed by atoms with Gasteiger partial charge in [0.05, 0.1) is 23.3 Å². The number of hydrogen-bond acceptors (Lipinski definition) is 3. The largest absolute Gasteiger partial charge is 0.292 e. The van der Waals surface area contributed by atoms with Crippen LogP contribution >= 0.6 is 0 Å². The Hall–Kier alpha value is -1.43. The van der Waals surface area contributed by atoms with Crippen molar-refractivity contribution in [2.24, 2.45) is 10.9 Å². The molecule has 0 aromatic heterocycles. The van der Waals surface area contributed by atoms with Crippen molar-refractivity contribution in [3.63, 3.8) is 0 Å². The SMILES string of the molecule is CC1=NC=C(C#N)C(C)C1=O. The number of nitrogens with zero attached hydrogens (tertiary/aromatic N) is 2. The molecule has 0 radical (unpaired) electrons. The van der Waals surface area contributed by atoms with Crippen molar-refractivity contribution in [3.05, 3.63) is 11.8 Å². The second-order valence-electron chi connectivity index (χ2n) is 2.50. The molecule has 0 saturated carbocycles. The van der Waals surface area contributed by atoms with E-state index >= 15 is 0 Å². The third-order valence-electron chi connectivity index (χ3n) is 1.74. The smallest absolute Gasteiger partial charge is 0.184 e. The van der Waals surface area contributed by atoms with Crippen LogP contribution in [0.1, 0.15) is 13.8 Å². The molecule has 0 aromatic carbocycles. The summed E-state index contributed by atoms with van der Waals surface area (Å²) in [5, 5.41) is 8.53. The summed E-state index contributed by atoms with van der Waals surface area (Å²) < 4.78 is 0. The lowest BCUT2D eigenvalue weighted by molar-refractivity contribution is -0.115. The molecule has 1 atom stereocenters. The lowest BCUT2D eigenvalue weighted by Gasteiger charge is -2.11. The molecule has 11 heavy (non-hydrogen) atoms. The highest BCUT2D eigenvalue weighted by atomic mass is 16.1. The Labute approximate surface area is 65.0 Å². The van der Waals surface area contributed by atoms with Gasteiger partial charge in [-0.05, 0) is 6.92 Å². The fourth-order valence-electron chi connectivity index (χ4n) is 0.922. The highest BCUT2D eigenvalue weighted by Crippen LogP contribution is 2.15. The monoisotopic (exact) mass is 148 g/mol. The molecule has 1 unspecified atom stereocenters. The minimum atomic E-state index is -0.308. The van der Waals surface area contributed by atoms with Crippen LogP contribution in [0.2, 0.25) is 0 Å². The van der Waals surface area contributed by atoms with Crippen molar-refractivity contribution in [2.45, 2.75) is 13.8 Å². The molecule has 1 heterocycles. The van der Waals surface area contributed by atoms with Crippen molar-refractivity contribution in [1.29, 1.82) is 5.26 Å². The molecule has 0 bridgehead atoms. The summed E-state index contributed by atoms with van der Waals surface area (Å²) in [6, 6.07) is 1.94. The molecule has 3 nitrogen and oxygen atoms in total. The van der Waals surface area contributed by atoms with E-state index in [1.165, 1.54) is 6.20 Å². The van der Waals surface area contributed by atoms with Crippen LogP contribution < -0.4 is 0 Å². The maximum atomic E-state index is 11.2. The highest BCUT2D eigenvalue weighted by molar-refractivity contribution is 6.40. The van der Waals surface area contributed by atoms with Gasteiger partial charge in [0.15, 0.2) is 5.78 Å². The number of Topliss-reactive ketones (excluding diaryl/α,β-unsaturated/α-hetero) is 1. The Morgan fingerprint density at radius 2 is 2.36 bits per heavy atom. The van der Waals surface area contributed by atoms with E-state index in [-0.39, 0.29) is 11.7 Å². The van der Waals surface area contributed by atoms with Crippen LogP contribution in [0, 0.1) is 17.2 Å². The van der Waals surface area contributed by atoms with Crippen LogP contribution in [0.4, 0.5) is 0 Å². The van der Waals surface area contributed by atoms with E-state index in [2.05, 4.69) is 4.99 Å². The number of ketones is 1. The Morgan fingerprint density at radius 1 is 1.73 bits per heavy atom. The molecule has 3 heteroatoms. The average Bonchev–Trinajstić information content (AvgIpc) is 2.01. The Morgan fingerprint density at radius 3 is 2.91 bits per heavy atom. The molecular formula is C8H8N2O. The molecule has 0 N–H and O–H groups in total. The van der Waals surface area contributed by atoms with E-state index in [1.807, 2.05) is 6.07 Å². The van der Waals surface area contributed by atoms with Gasteiger partial charge in [-0.1, -0.05) is 6.92 Å². The fourth-order valence-corrected chi connectivity index (χ4v) is 0.922.